The van der Waals surface area contributed by atoms with Crippen molar-refractivity contribution in [2.75, 3.05) is 5.32 Å². The number of amides is 1. The molecule has 0 aliphatic carbocycles. The Morgan fingerprint density at radius 2 is 2.00 bits per heavy atom. The zero-order valence-corrected chi connectivity index (χ0v) is 14.4. The van der Waals surface area contributed by atoms with Crippen LogP contribution in [-0.2, 0) is 11.0 Å². The van der Waals surface area contributed by atoms with E-state index in [0.717, 1.165) is 29.6 Å². The van der Waals surface area contributed by atoms with Crippen molar-refractivity contribution in [2.45, 2.75) is 30.3 Å². The highest BCUT2D eigenvalue weighted by molar-refractivity contribution is 8.00. The normalized spacial score (nSPS) is 12.8. The zero-order valence-electron chi connectivity index (χ0n) is 12.8. The van der Waals surface area contributed by atoms with E-state index >= 15 is 0 Å². The van der Waals surface area contributed by atoms with Gasteiger partial charge in [0.15, 0.2) is 0 Å². The van der Waals surface area contributed by atoms with Crippen LogP contribution in [0.5, 0.6) is 0 Å². The molecule has 1 aromatic carbocycles. The van der Waals surface area contributed by atoms with Crippen LogP contribution in [0.25, 0.3) is 0 Å². The number of hydrogen-bond donors (Lipinski definition) is 1. The molecule has 2 rings (SSSR count). The lowest BCUT2D eigenvalue weighted by Gasteiger charge is -2.14. The van der Waals surface area contributed by atoms with E-state index in [0.29, 0.717) is 15.7 Å². The van der Waals surface area contributed by atoms with Crippen molar-refractivity contribution in [2.24, 2.45) is 0 Å². The van der Waals surface area contributed by atoms with Crippen LogP contribution in [0, 0.1) is 6.92 Å². The largest absolute Gasteiger partial charge is 0.417 e. The second kappa shape index (κ2) is 7.44. The summed E-state index contributed by atoms with van der Waals surface area (Å²) in [6.07, 6.45) is -3.67. The average Bonchev–Trinajstić information content (AvgIpc) is 2.50. The number of thioether (sulfide) groups is 1. The molecule has 0 aliphatic heterocycles. The van der Waals surface area contributed by atoms with Gasteiger partial charge in [0.2, 0.25) is 5.91 Å². The molecule has 24 heavy (non-hydrogen) atoms. The van der Waals surface area contributed by atoms with Crippen LogP contribution in [0.15, 0.2) is 41.6 Å². The summed E-state index contributed by atoms with van der Waals surface area (Å²) >= 11 is 6.98. The van der Waals surface area contributed by atoms with Gasteiger partial charge in [-0.2, -0.15) is 13.2 Å². The van der Waals surface area contributed by atoms with Crippen molar-refractivity contribution in [3.63, 3.8) is 0 Å². The van der Waals surface area contributed by atoms with Gasteiger partial charge in [0.25, 0.3) is 0 Å². The summed E-state index contributed by atoms with van der Waals surface area (Å²) in [5, 5.41) is 3.06. The molecule has 0 saturated heterocycles. The lowest BCUT2D eigenvalue weighted by Crippen LogP contribution is -2.23. The van der Waals surface area contributed by atoms with E-state index in [1.807, 2.05) is 6.92 Å². The molecule has 2 aromatic rings. The van der Waals surface area contributed by atoms with Crippen molar-refractivity contribution >= 4 is 35.0 Å². The first-order valence-corrected chi connectivity index (χ1v) is 8.19. The molecular formula is C16H14ClF3N2OS. The van der Waals surface area contributed by atoms with E-state index in [9.17, 15) is 18.0 Å². The Bertz CT molecular complexity index is 735. The highest BCUT2D eigenvalue weighted by atomic mass is 35.5. The molecule has 1 atom stereocenters. The summed E-state index contributed by atoms with van der Waals surface area (Å²) in [6, 6.07) is 7.34. The number of halogens is 4. The third kappa shape index (κ3) is 4.88. The molecule has 1 heterocycles. The quantitative estimate of drug-likeness (QED) is 0.749. The SMILES string of the molecule is Cc1ccc(Cl)cc1NC(=O)C(C)Sc1ccc(C(F)(F)F)cn1. The van der Waals surface area contributed by atoms with Crippen molar-refractivity contribution < 1.29 is 18.0 Å². The number of alkyl halides is 3. The van der Waals surface area contributed by atoms with Gasteiger partial charge in [-0.1, -0.05) is 29.4 Å². The molecule has 0 saturated carbocycles. The van der Waals surface area contributed by atoms with Crippen LogP contribution in [0.1, 0.15) is 18.1 Å². The van der Waals surface area contributed by atoms with Crippen LogP contribution in [0.3, 0.4) is 0 Å². The third-order valence-corrected chi connectivity index (χ3v) is 4.47. The first-order valence-electron chi connectivity index (χ1n) is 6.94. The van der Waals surface area contributed by atoms with Crippen molar-refractivity contribution in [3.05, 3.63) is 52.7 Å². The highest BCUT2D eigenvalue weighted by Gasteiger charge is 2.30. The molecule has 1 unspecified atom stereocenters. The fourth-order valence-electron chi connectivity index (χ4n) is 1.82. The fraction of sp³-hybridized carbons (Fsp3) is 0.250. The van der Waals surface area contributed by atoms with Crippen LogP contribution in [-0.4, -0.2) is 16.1 Å². The van der Waals surface area contributed by atoms with Crippen LogP contribution >= 0.6 is 23.4 Å². The molecule has 8 heteroatoms. The molecular weight excluding hydrogens is 361 g/mol. The maximum absolute atomic E-state index is 12.5. The van der Waals surface area contributed by atoms with Crippen molar-refractivity contribution in [3.8, 4) is 0 Å². The Morgan fingerprint density at radius 3 is 2.58 bits per heavy atom. The third-order valence-electron chi connectivity index (χ3n) is 3.19. The number of anilines is 1. The zero-order chi connectivity index (χ0) is 17.9. The second-order valence-electron chi connectivity index (χ2n) is 5.09. The molecule has 128 valence electrons. The minimum absolute atomic E-state index is 0.285. The number of hydrogen-bond acceptors (Lipinski definition) is 3. The Kier molecular flexibility index (Phi) is 5.77. The van der Waals surface area contributed by atoms with E-state index in [1.165, 1.54) is 6.07 Å². The topological polar surface area (TPSA) is 42.0 Å². The van der Waals surface area contributed by atoms with E-state index in [4.69, 9.17) is 11.6 Å². The lowest BCUT2D eigenvalue weighted by molar-refractivity contribution is -0.137. The molecule has 0 spiro atoms. The maximum atomic E-state index is 12.5. The highest BCUT2D eigenvalue weighted by Crippen LogP contribution is 2.30. The Balaban J connectivity index is 2.02. The van der Waals surface area contributed by atoms with E-state index < -0.39 is 17.0 Å². The maximum Gasteiger partial charge on any atom is 0.417 e. The fourth-order valence-corrected chi connectivity index (χ4v) is 2.78. The minimum atomic E-state index is -4.43. The van der Waals surface area contributed by atoms with Gasteiger partial charge >= 0.3 is 6.18 Å². The number of nitrogens with zero attached hydrogens (tertiary/aromatic N) is 1. The Morgan fingerprint density at radius 1 is 1.29 bits per heavy atom. The molecule has 3 nitrogen and oxygen atoms in total. The lowest BCUT2D eigenvalue weighted by atomic mass is 10.2. The molecule has 0 radical (unpaired) electrons. The minimum Gasteiger partial charge on any atom is -0.325 e. The van der Waals surface area contributed by atoms with E-state index in [-0.39, 0.29) is 5.91 Å². The van der Waals surface area contributed by atoms with E-state index in [2.05, 4.69) is 10.3 Å². The number of rotatable bonds is 4. The number of nitrogens with one attached hydrogen (secondary N) is 1. The number of carbonyl (C=O) groups is 1. The van der Waals surface area contributed by atoms with Crippen LogP contribution < -0.4 is 5.32 Å². The molecule has 0 aliphatic rings. The monoisotopic (exact) mass is 374 g/mol. The predicted octanol–water partition coefficient (Wildman–Crippen LogP) is 5.18. The number of carbonyl (C=O) groups excluding carboxylic acids is 1. The summed E-state index contributed by atoms with van der Waals surface area (Å²) < 4.78 is 37.5. The van der Waals surface area contributed by atoms with Crippen molar-refractivity contribution in [1.82, 2.24) is 4.98 Å². The smallest absolute Gasteiger partial charge is 0.325 e. The average molecular weight is 375 g/mol. The summed E-state index contributed by atoms with van der Waals surface area (Å²) in [5.41, 5.74) is 0.636. The van der Waals surface area contributed by atoms with E-state index in [1.54, 1.807) is 25.1 Å². The summed E-state index contributed by atoms with van der Waals surface area (Å²) in [5.74, 6) is -0.285. The Hall–Kier alpha value is -1.73. The van der Waals surface area contributed by atoms with Crippen LogP contribution in [0.2, 0.25) is 5.02 Å². The van der Waals surface area contributed by atoms with Gasteiger partial charge in [-0.3, -0.25) is 4.79 Å². The molecule has 0 fully saturated rings. The summed E-state index contributed by atoms with van der Waals surface area (Å²) in [4.78, 5) is 16.0. The second-order valence-corrected chi connectivity index (χ2v) is 6.89. The van der Waals surface area contributed by atoms with Gasteiger partial charge in [0.1, 0.15) is 0 Å². The van der Waals surface area contributed by atoms with Gasteiger partial charge in [-0.25, -0.2) is 4.98 Å². The molecule has 1 aromatic heterocycles. The number of aryl methyl sites for hydroxylation is 1. The summed E-state index contributed by atoms with van der Waals surface area (Å²) in [6.45, 7) is 3.49. The Labute approximate surface area is 146 Å². The number of aromatic nitrogens is 1. The molecule has 1 amide bonds. The predicted molar refractivity (Wildman–Crippen MR) is 89.4 cm³/mol. The van der Waals surface area contributed by atoms with Gasteiger partial charge < -0.3 is 5.32 Å². The number of pyridine rings is 1. The molecule has 1 N–H and O–H groups in total. The van der Waals surface area contributed by atoms with Crippen molar-refractivity contribution in [1.29, 1.82) is 0 Å². The first kappa shape index (κ1) is 18.6. The van der Waals surface area contributed by atoms with Gasteiger partial charge in [-0.05, 0) is 43.7 Å². The molecule has 0 bridgehead atoms. The first-order chi connectivity index (χ1) is 11.2. The van der Waals surface area contributed by atoms with Crippen LogP contribution in [0.4, 0.5) is 18.9 Å². The van der Waals surface area contributed by atoms with Gasteiger partial charge in [0, 0.05) is 16.9 Å². The summed E-state index contributed by atoms with van der Waals surface area (Å²) in [7, 11) is 0. The standard InChI is InChI=1S/C16H14ClF3N2OS/c1-9-3-5-12(17)7-13(9)22-15(23)10(2)24-14-6-4-11(8-21-14)16(18,19)20/h3-8,10H,1-2H3,(H,22,23). The van der Waals surface area contributed by atoms with Gasteiger partial charge in [-0.15, -0.1) is 0 Å². The number of benzene rings is 1. The van der Waals surface area contributed by atoms with Gasteiger partial charge in [0.05, 0.1) is 15.8 Å².